The molecule has 7 heteroatoms. The summed E-state index contributed by atoms with van der Waals surface area (Å²) in [6.07, 6.45) is 1.97. The van der Waals surface area contributed by atoms with Crippen LogP contribution in [0.2, 0.25) is 0 Å². The first-order chi connectivity index (χ1) is 9.60. The Balaban J connectivity index is 2.04. The summed E-state index contributed by atoms with van der Waals surface area (Å²) < 4.78 is 0. The second-order valence-electron chi connectivity index (χ2n) is 4.05. The molecule has 1 aliphatic heterocycles. The molecular weight excluding hydrogens is 294 g/mol. The summed E-state index contributed by atoms with van der Waals surface area (Å²) in [4.78, 5) is 23.4. The average Bonchev–Trinajstić information content (AvgIpc) is 2.86. The standard InChI is InChI=1S/C13H15N3O2S2/c1-8(17)14-10-6-4-3-5-9(10)12(18)16-13-15-11(19-2)7-20-13/h3-7,13,15H,1-2H3,(H,14,17)(H,16,18). The van der Waals surface area contributed by atoms with Crippen LogP contribution in [0.1, 0.15) is 17.3 Å². The number of amides is 2. The average molecular weight is 309 g/mol. The monoisotopic (exact) mass is 309 g/mol. The highest BCUT2D eigenvalue weighted by molar-refractivity contribution is 8.06. The molecular formula is C13H15N3O2S2. The van der Waals surface area contributed by atoms with E-state index >= 15 is 0 Å². The molecule has 1 aromatic carbocycles. The molecule has 0 aromatic heterocycles. The van der Waals surface area contributed by atoms with Gasteiger partial charge in [-0.25, -0.2) is 0 Å². The van der Waals surface area contributed by atoms with E-state index in [-0.39, 0.29) is 17.3 Å². The van der Waals surface area contributed by atoms with E-state index in [2.05, 4.69) is 16.0 Å². The Morgan fingerprint density at radius 3 is 2.75 bits per heavy atom. The van der Waals surface area contributed by atoms with E-state index in [1.54, 1.807) is 36.0 Å². The minimum Gasteiger partial charge on any atom is -0.351 e. The molecule has 20 heavy (non-hydrogen) atoms. The molecule has 106 valence electrons. The zero-order chi connectivity index (χ0) is 14.5. The molecule has 1 heterocycles. The lowest BCUT2D eigenvalue weighted by Gasteiger charge is -2.15. The highest BCUT2D eigenvalue weighted by atomic mass is 32.2. The zero-order valence-corrected chi connectivity index (χ0v) is 12.7. The number of carbonyl (C=O) groups excluding carboxylic acids is 2. The fourth-order valence-corrected chi connectivity index (χ4v) is 3.24. The van der Waals surface area contributed by atoms with Crippen molar-refractivity contribution in [1.29, 1.82) is 0 Å². The van der Waals surface area contributed by atoms with Crippen molar-refractivity contribution in [3.05, 3.63) is 40.3 Å². The highest BCUT2D eigenvalue weighted by Crippen LogP contribution is 2.25. The Morgan fingerprint density at radius 2 is 2.10 bits per heavy atom. The van der Waals surface area contributed by atoms with Crippen molar-refractivity contribution in [2.24, 2.45) is 0 Å². The van der Waals surface area contributed by atoms with Gasteiger partial charge >= 0.3 is 0 Å². The Labute approximate surface area is 126 Å². The molecule has 0 fully saturated rings. The van der Waals surface area contributed by atoms with Gasteiger partial charge in [0.1, 0.15) is 0 Å². The molecule has 0 saturated heterocycles. The molecule has 2 rings (SSSR count). The van der Waals surface area contributed by atoms with E-state index in [1.807, 2.05) is 11.7 Å². The zero-order valence-electron chi connectivity index (χ0n) is 11.1. The van der Waals surface area contributed by atoms with Crippen molar-refractivity contribution in [2.75, 3.05) is 11.6 Å². The number of carbonyl (C=O) groups is 2. The summed E-state index contributed by atoms with van der Waals surface area (Å²) in [6, 6.07) is 6.93. The SMILES string of the molecule is CSC1=CSC(NC(=O)c2ccccc2NC(C)=O)N1. The Kier molecular flexibility index (Phi) is 4.97. The van der Waals surface area contributed by atoms with Crippen LogP contribution < -0.4 is 16.0 Å². The van der Waals surface area contributed by atoms with Gasteiger partial charge < -0.3 is 16.0 Å². The lowest BCUT2D eigenvalue weighted by Crippen LogP contribution is -2.39. The van der Waals surface area contributed by atoms with Crippen molar-refractivity contribution < 1.29 is 9.59 Å². The number of hydrogen-bond acceptors (Lipinski definition) is 5. The van der Waals surface area contributed by atoms with Gasteiger partial charge in [0.2, 0.25) is 5.91 Å². The smallest absolute Gasteiger partial charge is 0.255 e. The summed E-state index contributed by atoms with van der Waals surface area (Å²) in [7, 11) is 0. The summed E-state index contributed by atoms with van der Waals surface area (Å²) in [5.41, 5.74) is 0.775. The van der Waals surface area contributed by atoms with E-state index in [4.69, 9.17) is 0 Å². The molecule has 1 aliphatic rings. The maximum absolute atomic E-state index is 12.3. The van der Waals surface area contributed by atoms with Crippen molar-refractivity contribution in [3.8, 4) is 0 Å². The Morgan fingerprint density at radius 1 is 1.35 bits per heavy atom. The number of benzene rings is 1. The van der Waals surface area contributed by atoms with Crippen LogP contribution in [0, 0.1) is 0 Å². The van der Waals surface area contributed by atoms with Crippen LogP contribution in [0.3, 0.4) is 0 Å². The van der Waals surface area contributed by atoms with E-state index in [0.717, 1.165) is 5.03 Å². The molecule has 0 radical (unpaired) electrons. The van der Waals surface area contributed by atoms with Crippen LogP contribution >= 0.6 is 23.5 Å². The van der Waals surface area contributed by atoms with Crippen LogP contribution in [-0.2, 0) is 4.79 Å². The molecule has 2 amide bonds. The second-order valence-corrected chi connectivity index (χ2v) is 5.87. The van der Waals surface area contributed by atoms with E-state index < -0.39 is 0 Å². The lowest BCUT2D eigenvalue weighted by atomic mass is 10.1. The van der Waals surface area contributed by atoms with Gasteiger partial charge in [0.05, 0.1) is 16.3 Å². The quantitative estimate of drug-likeness (QED) is 0.795. The molecule has 0 saturated carbocycles. The van der Waals surface area contributed by atoms with E-state index in [9.17, 15) is 9.59 Å². The van der Waals surface area contributed by atoms with Crippen LogP contribution in [-0.4, -0.2) is 23.6 Å². The number of nitrogens with one attached hydrogen (secondary N) is 3. The topological polar surface area (TPSA) is 70.2 Å². The van der Waals surface area contributed by atoms with E-state index in [0.29, 0.717) is 11.3 Å². The highest BCUT2D eigenvalue weighted by Gasteiger charge is 2.20. The van der Waals surface area contributed by atoms with Crippen LogP contribution in [0.5, 0.6) is 0 Å². The molecule has 0 spiro atoms. The van der Waals surface area contributed by atoms with Gasteiger partial charge in [0.15, 0.2) is 5.50 Å². The third-order valence-electron chi connectivity index (χ3n) is 2.55. The van der Waals surface area contributed by atoms with Gasteiger partial charge in [0.25, 0.3) is 5.91 Å². The number of hydrogen-bond donors (Lipinski definition) is 3. The number of anilines is 1. The van der Waals surface area contributed by atoms with Gasteiger partial charge in [-0.15, -0.1) is 11.8 Å². The summed E-state index contributed by atoms with van der Waals surface area (Å²) in [5.74, 6) is -0.431. The predicted molar refractivity (Wildman–Crippen MR) is 84.3 cm³/mol. The van der Waals surface area contributed by atoms with Crippen molar-refractivity contribution in [1.82, 2.24) is 10.6 Å². The Hall–Kier alpha value is -1.60. The molecule has 1 atom stereocenters. The second kappa shape index (κ2) is 6.71. The number of para-hydroxylation sites is 1. The first kappa shape index (κ1) is 14.8. The molecule has 3 N–H and O–H groups in total. The normalized spacial score (nSPS) is 17.1. The van der Waals surface area contributed by atoms with Crippen LogP contribution in [0.4, 0.5) is 5.69 Å². The van der Waals surface area contributed by atoms with Crippen molar-refractivity contribution in [3.63, 3.8) is 0 Å². The van der Waals surface area contributed by atoms with Gasteiger partial charge in [-0.05, 0) is 18.4 Å². The van der Waals surface area contributed by atoms with Crippen LogP contribution in [0.25, 0.3) is 0 Å². The van der Waals surface area contributed by atoms with Gasteiger partial charge in [0, 0.05) is 12.3 Å². The Bertz CT molecular complexity index is 560. The summed E-state index contributed by atoms with van der Waals surface area (Å²) in [6.45, 7) is 1.41. The largest absolute Gasteiger partial charge is 0.351 e. The first-order valence-electron chi connectivity index (χ1n) is 5.94. The minimum absolute atomic E-state index is 0.185. The summed E-state index contributed by atoms with van der Waals surface area (Å²) in [5, 5.41) is 11.7. The number of thioether (sulfide) groups is 2. The fraction of sp³-hybridized carbons (Fsp3) is 0.231. The van der Waals surface area contributed by atoms with Gasteiger partial charge in [-0.2, -0.15) is 0 Å². The minimum atomic E-state index is -0.227. The molecule has 0 aliphatic carbocycles. The van der Waals surface area contributed by atoms with Crippen LogP contribution in [0.15, 0.2) is 34.7 Å². The molecule has 0 bridgehead atoms. The molecule has 1 aromatic rings. The molecule has 1 unspecified atom stereocenters. The van der Waals surface area contributed by atoms with Crippen molar-refractivity contribution >= 4 is 41.0 Å². The van der Waals surface area contributed by atoms with Gasteiger partial charge in [-0.1, -0.05) is 23.9 Å². The van der Waals surface area contributed by atoms with E-state index in [1.165, 1.54) is 18.7 Å². The molecule has 5 nitrogen and oxygen atoms in total. The predicted octanol–water partition coefficient (Wildman–Crippen LogP) is 2.16. The lowest BCUT2D eigenvalue weighted by molar-refractivity contribution is -0.114. The first-order valence-corrected chi connectivity index (χ1v) is 8.10. The maximum Gasteiger partial charge on any atom is 0.255 e. The third-order valence-corrected chi connectivity index (χ3v) is 4.25. The van der Waals surface area contributed by atoms with Gasteiger partial charge in [-0.3, -0.25) is 9.59 Å². The number of rotatable bonds is 4. The maximum atomic E-state index is 12.3. The summed E-state index contributed by atoms with van der Waals surface area (Å²) >= 11 is 3.10. The van der Waals surface area contributed by atoms with Crippen molar-refractivity contribution in [2.45, 2.75) is 12.4 Å². The third kappa shape index (κ3) is 3.71. The fourth-order valence-electron chi connectivity index (χ4n) is 1.68.